The number of nitrogens with zero attached hydrogens (tertiary/aromatic N) is 1. The number of morpholine rings is 1. The number of aliphatic hydroxyl groups excluding tert-OH is 1. The molecule has 1 fully saturated rings. The minimum atomic E-state index is -0.639. The van der Waals surface area contributed by atoms with E-state index in [1.807, 2.05) is 0 Å². The van der Waals surface area contributed by atoms with Crippen molar-refractivity contribution in [1.82, 2.24) is 0 Å². The zero-order valence-corrected chi connectivity index (χ0v) is 10.9. The van der Waals surface area contributed by atoms with E-state index in [2.05, 4.69) is 11.8 Å². The Morgan fingerprint density at radius 1 is 1.56 bits per heavy atom. The van der Waals surface area contributed by atoms with E-state index in [4.69, 9.17) is 4.74 Å². The first-order valence-electron chi connectivity index (χ1n) is 6.45. The predicted octanol–water partition coefficient (Wildman–Crippen LogP) is 2.49. The molecule has 0 aromatic heterocycles. The molecule has 1 unspecified atom stereocenters. The van der Waals surface area contributed by atoms with Crippen LogP contribution < -0.4 is 4.90 Å². The molecule has 0 amide bonds. The summed E-state index contributed by atoms with van der Waals surface area (Å²) in [5.74, 6) is -0.270. The van der Waals surface area contributed by atoms with Crippen molar-refractivity contribution >= 4 is 5.69 Å². The summed E-state index contributed by atoms with van der Waals surface area (Å²) in [5.41, 5.74) is 1.21. The van der Waals surface area contributed by atoms with E-state index in [-0.39, 0.29) is 11.9 Å². The van der Waals surface area contributed by atoms with Crippen LogP contribution in [0.2, 0.25) is 0 Å². The summed E-state index contributed by atoms with van der Waals surface area (Å²) in [6.07, 6.45) is 0.289. The van der Waals surface area contributed by atoms with E-state index >= 15 is 0 Å². The third-order valence-electron chi connectivity index (χ3n) is 3.46. The van der Waals surface area contributed by atoms with Gasteiger partial charge < -0.3 is 14.7 Å². The van der Waals surface area contributed by atoms with Gasteiger partial charge in [-0.2, -0.15) is 0 Å². The number of benzene rings is 1. The van der Waals surface area contributed by atoms with Crippen LogP contribution in [0.1, 0.15) is 31.9 Å². The lowest BCUT2D eigenvalue weighted by Gasteiger charge is -2.37. The minimum Gasteiger partial charge on any atom is -0.389 e. The molecule has 4 heteroatoms. The highest BCUT2D eigenvalue weighted by atomic mass is 19.1. The van der Waals surface area contributed by atoms with Crippen molar-refractivity contribution < 1.29 is 14.2 Å². The molecular weight excluding hydrogens is 233 g/mol. The molecule has 1 heterocycles. The maximum atomic E-state index is 14.1. The zero-order chi connectivity index (χ0) is 13.1. The largest absolute Gasteiger partial charge is 0.389 e. The Balaban J connectivity index is 2.26. The molecule has 18 heavy (non-hydrogen) atoms. The average molecular weight is 253 g/mol. The lowest BCUT2D eigenvalue weighted by molar-refractivity contribution is 0.0926. The van der Waals surface area contributed by atoms with Gasteiger partial charge in [0.15, 0.2) is 0 Å². The Kier molecular flexibility index (Phi) is 4.19. The summed E-state index contributed by atoms with van der Waals surface area (Å²) in [6.45, 7) is 5.71. The number of hydrogen-bond donors (Lipinski definition) is 1. The van der Waals surface area contributed by atoms with E-state index in [9.17, 15) is 9.50 Å². The van der Waals surface area contributed by atoms with E-state index in [1.54, 1.807) is 19.1 Å². The summed E-state index contributed by atoms with van der Waals surface area (Å²) in [4.78, 5) is 2.06. The summed E-state index contributed by atoms with van der Waals surface area (Å²) in [5, 5.41) is 9.45. The second-order valence-electron chi connectivity index (χ2n) is 4.72. The summed E-state index contributed by atoms with van der Waals surface area (Å²) < 4.78 is 19.5. The van der Waals surface area contributed by atoms with Gasteiger partial charge in [0.25, 0.3) is 0 Å². The maximum absolute atomic E-state index is 14.1. The third kappa shape index (κ3) is 2.65. The molecule has 1 N–H and O–H groups in total. The van der Waals surface area contributed by atoms with Gasteiger partial charge in [0.1, 0.15) is 5.82 Å². The first kappa shape index (κ1) is 13.3. The van der Waals surface area contributed by atoms with Crippen LogP contribution in [-0.2, 0) is 4.74 Å². The van der Waals surface area contributed by atoms with Crippen molar-refractivity contribution in [3.05, 3.63) is 29.6 Å². The number of hydrogen-bond acceptors (Lipinski definition) is 3. The van der Waals surface area contributed by atoms with Gasteiger partial charge in [-0.05, 0) is 31.0 Å². The van der Waals surface area contributed by atoms with Crippen LogP contribution >= 0.6 is 0 Å². The molecule has 1 saturated heterocycles. The summed E-state index contributed by atoms with van der Waals surface area (Å²) in [6, 6.07) is 5.18. The van der Waals surface area contributed by atoms with Gasteiger partial charge in [-0.1, -0.05) is 13.0 Å². The lowest BCUT2D eigenvalue weighted by atomic mass is 10.1. The number of halogens is 1. The first-order valence-corrected chi connectivity index (χ1v) is 6.45. The molecule has 100 valence electrons. The fraction of sp³-hybridized carbons (Fsp3) is 0.571. The number of anilines is 1. The first-order chi connectivity index (χ1) is 8.63. The maximum Gasteiger partial charge on any atom is 0.146 e. The molecule has 1 aliphatic rings. The second-order valence-corrected chi connectivity index (χ2v) is 4.72. The molecule has 0 bridgehead atoms. The number of rotatable bonds is 3. The van der Waals surface area contributed by atoms with Crippen molar-refractivity contribution in [3.63, 3.8) is 0 Å². The van der Waals surface area contributed by atoms with Gasteiger partial charge in [0.2, 0.25) is 0 Å². The molecular formula is C14H20FNO2. The van der Waals surface area contributed by atoms with Crippen LogP contribution in [0.5, 0.6) is 0 Å². The smallest absolute Gasteiger partial charge is 0.146 e. The van der Waals surface area contributed by atoms with Crippen LogP contribution in [0.3, 0.4) is 0 Å². The molecule has 2 rings (SSSR count). The van der Waals surface area contributed by atoms with Gasteiger partial charge in [0.05, 0.1) is 31.0 Å². The minimum absolute atomic E-state index is 0.227. The Morgan fingerprint density at radius 3 is 2.94 bits per heavy atom. The molecule has 1 aliphatic heterocycles. The number of ether oxygens (including phenoxy) is 1. The average Bonchev–Trinajstić information content (AvgIpc) is 2.38. The standard InChI is InChI=1S/C14H20FNO2/c1-3-12-9-18-7-6-16(12)14-5-4-11(10(2)17)8-13(14)15/h4-5,8,10,12,17H,3,6-7,9H2,1-2H3/t10-,12?/m1/s1. The zero-order valence-electron chi connectivity index (χ0n) is 10.9. The highest BCUT2D eigenvalue weighted by Crippen LogP contribution is 2.27. The molecule has 1 aromatic carbocycles. The summed E-state index contributed by atoms with van der Waals surface area (Å²) in [7, 11) is 0. The highest BCUT2D eigenvalue weighted by molar-refractivity contribution is 5.50. The van der Waals surface area contributed by atoms with Crippen molar-refractivity contribution in [1.29, 1.82) is 0 Å². The topological polar surface area (TPSA) is 32.7 Å². The fourth-order valence-electron chi connectivity index (χ4n) is 2.33. The van der Waals surface area contributed by atoms with Gasteiger partial charge in [0, 0.05) is 6.54 Å². The van der Waals surface area contributed by atoms with Crippen molar-refractivity contribution in [3.8, 4) is 0 Å². The molecule has 3 nitrogen and oxygen atoms in total. The van der Waals surface area contributed by atoms with Crippen LogP contribution in [-0.4, -0.2) is 30.9 Å². The monoisotopic (exact) mass is 253 g/mol. The van der Waals surface area contributed by atoms with Crippen LogP contribution in [0.4, 0.5) is 10.1 Å². The molecule has 1 aromatic rings. The van der Waals surface area contributed by atoms with Gasteiger partial charge in [-0.15, -0.1) is 0 Å². The van der Waals surface area contributed by atoms with Gasteiger partial charge in [-0.3, -0.25) is 0 Å². The quantitative estimate of drug-likeness (QED) is 0.898. The lowest BCUT2D eigenvalue weighted by Crippen LogP contribution is -2.45. The number of aliphatic hydroxyl groups is 1. The van der Waals surface area contributed by atoms with Gasteiger partial charge in [-0.25, -0.2) is 4.39 Å². The Bertz CT molecular complexity index is 409. The molecule has 0 radical (unpaired) electrons. The normalized spacial score (nSPS) is 22.0. The van der Waals surface area contributed by atoms with E-state index < -0.39 is 6.10 Å². The van der Waals surface area contributed by atoms with E-state index in [1.165, 1.54) is 6.07 Å². The van der Waals surface area contributed by atoms with Crippen LogP contribution in [0.15, 0.2) is 18.2 Å². The Morgan fingerprint density at radius 2 is 2.33 bits per heavy atom. The fourth-order valence-corrected chi connectivity index (χ4v) is 2.33. The van der Waals surface area contributed by atoms with E-state index in [0.717, 1.165) is 6.42 Å². The van der Waals surface area contributed by atoms with Gasteiger partial charge >= 0.3 is 0 Å². The molecule has 0 saturated carbocycles. The van der Waals surface area contributed by atoms with Crippen LogP contribution in [0, 0.1) is 5.82 Å². The summed E-state index contributed by atoms with van der Waals surface area (Å²) >= 11 is 0. The Hall–Kier alpha value is -1.13. The molecule has 2 atom stereocenters. The van der Waals surface area contributed by atoms with Crippen molar-refractivity contribution in [2.24, 2.45) is 0 Å². The Labute approximate surface area is 107 Å². The van der Waals surface area contributed by atoms with Crippen molar-refractivity contribution in [2.45, 2.75) is 32.4 Å². The van der Waals surface area contributed by atoms with Crippen LogP contribution in [0.25, 0.3) is 0 Å². The van der Waals surface area contributed by atoms with E-state index in [0.29, 0.717) is 31.0 Å². The molecule has 0 spiro atoms. The SMILES string of the molecule is CCC1COCCN1c1ccc([C@@H](C)O)cc1F. The van der Waals surface area contributed by atoms with Crippen molar-refractivity contribution in [2.75, 3.05) is 24.7 Å². The molecule has 0 aliphatic carbocycles. The predicted molar refractivity (Wildman–Crippen MR) is 69.3 cm³/mol. The highest BCUT2D eigenvalue weighted by Gasteiger charge is 2.24. The second kappa shape index (κ2) is 5.67. The third-order valence-corrected chi connectivity index (χ3v) is 3.46.